The second-order valence-electron chi connectivity index (χ2n) is 5.15. The zero-order valence-corrected chi connectivity index (χ0v) is 14.8. The summed E-state index contributed by atoms with van der Waals surface area (Å²) in [6.45, 7) is 0. The summed E-state index contributed by atoms with van der Waals surface area (Å²) in [4.78, 5) is 0. The van der Waals surface area contributed by atoms with Gasteiger partial charge in [-0.05, 0) is 18.2 Å². The summed E-state index contributed by atoms with van der Waals surface area (Å²) in [5.74, 6) is 1.50. The second-order valence-corrected chi connectivity index (χ2v) is 5.15. The monoisotopic (exact) mass is 376 g/mol. The summed E-state index contributed by atoms with van der Waals surface area (Å²) in [5, 5.41) is 14.9. The Morgan fingerprint density at radius 1 is 0.680 bits per heavy atom. The SMILES string of the molecule is Cl.Cl.N=C(N)c1ccc(-c2ccc(-c3cccc(C(=N)N)c3)o2)cc1. The largest absolute Gasteiger partial charge is 0.456 e. The van der Waals surface area contributed by atoms with Crippen LogP contribution >= 0.6 is 24.8 Å². The molecule has 0 aliphatic rings. The van der Waals surface area contributed by atoms with Gasteiger partial charge in [0.1, 0.15) is 23.2 Å². The predicted molar refractivity (Wildman–Crippen MR) is 106 cm³/mol. The summed E-state index contributed by atoms with van der Waals surface area (Å²) in [5.41, 5.74) is 14.1. The lowest BCUT2D eigenvalue weighted by molar-refractivity contribution is 0.597. The molecule has 0 amide bonds. The number of rotatable bonds is 4. The minimum absolute atomic E-state index is 0. The second kappa shape index (κ2) is 8.37. The molecule has 5 nitrogen and oxygen atoms in total. The summed E-state index contributed by atoms with van der Waals surface area (Å²) in [7, 11) is 0. The third kappa shape index (κ3) is 4.41. The van der Waals surface area contributed by atoms with Crippen LogP contribution in [0.25, 0.3) is 22.6 Å². The van der Waals surface area contributed by atoms with Crippen LogP contribution in [0.5, 0.6) is 0 Å². The summed E-state index contributed by atoms with van der Waals surface area (Å²) in [6, 6.07) is 18.4. The first-order valence-electron chi connectivity index (χ1n) is 7.04. The zero-order chi connectivity index (χ0) is 16.4. The smallest absolute Gasteiger partial charge is 0.134 e. The zero-order valence-electron chi connectivity index (χ0n) is 13.2. The number of amidine groups is 2. The number of hydrogen-bond acceptors (Lipinski definition) is 3. The van der Waals surface area contributed by atoms with Crippen LogP contribution in [0.4, 0.5) is 0 Å². The summed E-state index contributed by atoms with van der Waals surface area (Å²) in [6.07, 6.45) is 0. The highest BCUT2D eigenvalue weighted by Crippen LogP contribution is 2.29. The van der Waals surface area contributed by atoms with Gasteiger partial charge in [0, 0.05) is 22.3 Å². The van der Waals surface area contributed by atoms with Gasteiger partial charge in [0.15, 0.2) is 0 Å². The van der Waals surface area contributed by atoms with E-state index in [0.29, 0.717) is 16.9 Å². The lowest BCUT2D eigenvalue weighted by atomic mass is 10.1. The number of halogens is 2. The van der Waals surface area contributed by atoms with Crippen LogP contribution in [-0.4, -0.2) is 11.7 Å². The Labute approximate surface area is 157 Å². The molecule has 0 saturated carbocycles. The quantitative estimate of drug-likeness (QED) is 0.407. The third-order valence-electron chi connectivity index (χ3n) is 3.54. The molecule has 1 heterocycles. The lowest BCUT2D eigenvalue weighted by Crippen LogP contribution is -2.10. The minimum Gasteiger partial charge on any atom is -0.456 e. The average molecular weight is 377 g/mol. The first-order chi connectivity index (χ1) is 11.0. The van der Waals surface area contributed by atoms with Gasteiger partial charge >= 0.3 is 0 Å². The van der Waals surface area contributed by atoms with Crippen LogP contribution in [0.15, 0.2) is 65.1 Å². The highest BCUT2D eigenvalue weighted by molar-refractivity contribution is 5.96. The van der Waals surface area contributed by atoms with E-state index < -0.39 is 0 Å². The van der Waals surface area contributed by atoms with E-state index in [4.69, 9.17) is 26.7 Å². The van der Waals surface area contributed by atoms with Crippen molar-refractivity contribution < 1.29 is 4.42 Å². The van der Waals surface area contributed by atoms with E-state index in [-0.39, 0.29) is 36.5 Å². The Balaban J connectivity index is 0.00000156. The van der Waals surface area contributed by atoms with E-state index in [1.54, 1.807) is 18.2 Å². The molecule has 7 heteroatoms. The van der Waals surface area contributed by atoms with E-state index in [9.17, 15) is 0 Å². The topological polar surface area (TPSA) is 113 Å². The average Bonchev–Trinajstić information content (AvgIpc) is 3.05. The van der Waals surface area contributed by atoms with Crippen molar-refractivity contribution >= 4 is 36.5 Å². The molecule has 0 saturated heterocycles. The molecule has 130 valence electrons. The maximum atomic E-state index is 7.51. The van der Waals surface area contributed by atoms with Crippen LogP contribution in [0, 0.1) is 10.8 Å². The van der Waals surface area contributed by atoms with Crippen molar-refractivity contribution in [3.63, 3.8) is 0 Å². The normalized spacial score (nSPS) is 9.60. The Morgan fingerprint density at radius 2 is 1.24 bits per heavy atom. The fraction of sp³-hybridized carbons (Fsp3) is 0. The molecule has 3 rings (SSSR count). The molecule has 0 aliphatic heterocycles. The number of benzene rings is 2. The Bertz CT molecular complexity index is 888. The molecule has 0 atom stereocenters. The molecule has 0 fully saturated rings. The predicted octanol–water partition coefficient (Wildman–Crippen LogP) is 4.03. The van der Waals surface area contributed by atoms with Crippen LogP contribution in [0.2, 0.25) is 0 Å². The Morgan fingerprint density at radius 3 is 1.80 bits per heavy atom. The number of nitrogens with one attached hydrogen (secondary N) is 2. The number of furan rings is 1. The van der Waals surface area contributed by atoms with Crippen molar-refractivity contribution in [1.29, 1.82) is 10.8 Å². The standard InChI is InChI=1S/C18H16N4O.2ClH/c19-17(20)12-6-4-11(5-7-12)15-8-9-16(23-15)13-2-1-3-14(10-13)18(21)22;;/h1-10H,(H3,19,20)(H3,21,22);2*1H. The molecule has 0 bridgehead atoms. The summed E-state index contributed by atoms with van der Waals surface area (Å²) < 4.78 is 5.89. The van der Waals surface area contributed by atoms with Gasteiger partial charge in [0.05, 0.1) is 0 Å². The summed E-state index contributed by atoms with van der Waals surface area (Å²) >= 11 is 0. The van der Waals surface area contributed by atoms with Gasteiger partial charge in [-0.1, -0.05) is 42.5 Å². The highest BCUT2D eigenvalue weighted by Gasteiger charge is 2.08. The van der Waals surface area contributed by atoms with Gasteiger partial charge < -0.3 is 15.9 Å². The molecule has 0 radical (unpaired) electrons. The van der Waals surface area contributed by atoms with E-state index >= 15 is 0 Å². The highest BCUT2D eigenvalue weighted by atomic mass is 35.5. The van der Waals surface area contributed by atoms with E-state index in [1.807, 2.05) is 42.5 Å². The van der Waals surface area contributed by atoms with Crippen molar-refractivity contribution in [2.45, 2.75) is 0 Å². The molecule has 2 aromatic carbocycles. The van der Waals surface area contributed by atoms with Crippen molar-refractivity contribution in [3.05, 3.63) is 71.8 Å². The minimum atomic E-state index is 0. The molecule has 0 spiro atoms. The lowest BCUT2D eigenvalue weighted by Gasteiger charge is -2.02. The van der Waals surface area contributed by atoms with E-state index in [1.165, 1.54) is 0 Å². The van der Waals surface area contributed by atoms with Gasteiger partial charge in [-0.3, -0.25) is 10.8 Å². The molecule has 1 aromatic heterocycles. The van der Waals surface area contributed by atoms with E-state index in [0.717, 1.165) is 16.9 Å². The van der Waals surface area contributed by atoms with Gasteiger partial charge in [0.25, 0.3) is 0 Å². The van der Waals surface area contributed by atoms with Crippen molar-refractivity contribution in [3.8, 4) is 22.6 Å². The maximum Gasteiger partial charge on any atom is 0.134 e. The van der Waals surface area contributed by atoms with Crippen LogP contribution in [0.3, 0.4) is 0 Å². The van der Waals surface area contributed by atoms with Crippen molar-refractivity contribution in [2.75, 3.05) is 0 Å². The molecular formula is C18H18Cl2N4O. The molecule has 25 heavy (non-hydrogen) atoms. The fourth-order valence-corrected chi connectivity index (χ4v) is 2.30. The molecule has 0 aliphatic carbocycles. The first kappa shape index (κ1) is 20.3. The van der Waals surface area contributed by atoms with Gasteiger partial charge in [-0.15, -0.1) is 24.8 Å². The molecule has 6 N–H and O–H groups in total. The van der Waals surface area contributed by atoms with Gasteiger partial charge in [0.2, 0.25) is 0 Å². The van der Waals surface area contributed by atoms with Crippen molar-refractivity contribution in [2.24, 2.45) is 11.5 Å². The van der Waals surface area contributed by atoms with Gasteiger partial charge in [-0.25, -0.2) is 0 Å². The van der Waals surface area contributed by atoms with Gasteiger partial charge in [-0.2, -0.15) is 0 Å². The molecule has 0 unspecified atom stereocenters. The number of hydrogen-bond donors (Lipinski definition) is 4. The maximum absolute atomic E-state index is 7.51. The van der Waals surface area contributed by atoms with Crippen molar-refractivity contribution in [1.82, 2.24) is 0 Å². The first-order valence-corrected chi connectivity index (χ1v) is 7.04. The Kier molecular flexibility index (Phi) is 6.79. The molecular weight excluding hydrogens is 359 g/mol. The Hall–Kier alpha value is -2.76. The van der Waals surface area contributed by atoms with Crippen LogP contribution < -0.4 is 11.5 Å². The van der Waals surface area contributed by atoms with Crippen LogP contribution in [0.1, 0.15) is 11.1 Å². The number of nitrogens with two attached hydrogens (primary N) is 2. The fourth-order valence-electron chi connectivity index (χ4n) is 2.30. The molecule has 3 aromatic rings. The third-order valence-corrected chi connectivity index (χ3v) is 3.54. The van der Waals surface area contributed by atoms with E-state index in [2.05, 4.69) is 0 Å². The van der Waals surface area contributed by atoms with Crippen LogP contribution in [-0.2, 0) is 0 Å². The number of nitrogen functional groups attached to an aromatic ring is 2.